The van der Waals surface area contributed by atoms with Crippen molar-refractivity contribution in [2.45, 2.75) is 6.61 Å². The Balaban J connectivity index is 1.51. The summed E-state index contributed by atoms with van der Waals surface area (Å²) in [6, 6.07) is 20.4. The summed E-state index contributed by atoms with van der Waals surface area (Å²) in [5, 5.41) is 20.0. The smallest absolute Gasteiger partial charge is 0.323 e. The minimum absolute atomic E-state index is 0.0321. The molecule has 0 aliphatic carbocycles. The molecule has 0 saturated heterocycles. The molecule has 37 heavy (non-hydrogen) atoms. The molecule has 0 spiro atoms. The Morgan fingerprint density at radius 3 is 2.27 bits per heavy atom. The van der Waals surface area contributed by atoms with Crippen LogP contribution in [0.5, 0.6) is 5.75 Å². The van der Waals surface area contributed by atoms with E-state index in [1.807, 2.05) is 42.5 Å². The summed E-state index contributed by atoms with van der Waals surface area (Å²) in [7, 11) is 1.59. The van der Waals surface area contributed by atoms with Crippen molar-refractivity contribution in [3.63, 3.8) is 0 Å². The van der Waals surface area contributed by atoms with E-state index >= 15 is 0 Å². The van der Waals surface area contributed by atoms with Gasteiger partial charge < -0.3 is 25.8 Å². The number of amides is 2. The number of pyridine rings is 1. The monoisotopic (exact) mass is 500 g/mol. The number of nitrogens with zero attached hydrogens (tertiary/aromatic N) is 1. The first-order valence-corrected chi connectivity index (χ1v) is 11.3. The Kier molecular flexibility index (Phi) is 6.53. The lowest BCUT2D eigenvalue weighted by Gasteiger charge is -2.16. The van der Waals surface area contributed by atoms with Gasteiger partial charge in [-0.3, -0.25) is 0 Å². The van der Waals surface area contributed by atoms with Gasteiger partial charge in [0.1, 0.15) is 22.9 Å². The Labute approximate surface area is 210 Å². The first-order chi connectivity index (χ1) is 17.9. The van der Waals surface area contributed by atoms with Crippen molar-refractivity contribution < 1.29 is 23.4 Å². The number of halogens is 2. The van der Waals surface area contributed by atoms with Crippen molar-refractivity contribution in [1.82, 2.24) is 4.98 Å². The van der Waals surface area contributed by atoms with E-state index < -0.39 is 17.7 Å². The highest BCUT2D eigenvalue weighted by atomic mass is 19.1. The zero-order valence-electron chi connectivity index (χ0n) is 19.7. The lowest BCUT2D eigenvalue weighted by molar-refractivity contribution is 0.262. The first kappa shape index (κ1) is 24.0. The number of aromatic nitrogens is 1. The molecule has 0 radical (unpaired) electrons. The summed E-state index contributed by atoms with van der Waals surface area (Å²) in [4.78, 5) is 17.3. The maximum Gasteiger partial charge on any atom is 0.323 e. The molecule has 0 aliphatic heterocycles. The van der Waals surface area contributed by atoms with Crippen LogP contribution in [0.2, 0.25) is 0 Å². The molecule has 4 N–H and O–H groups in total. The number of carbonyl (C=O) groups excluding carboxylic acids is 1. The number of ether oxygens (including phenoxy) is 1. The van der Waals surface area contributed by atoms with Gasteiger partial charge in [0.15, 0.2) is 0 Å². The quantitative estimate of drug-likeness (QED) is 0.198. The van der Waals surface area contributed by atoms with Crippen LogP contribution in [-0.2, 0) is 6.61 Å². The third-order valence-electron chi connectivity index (χ3n) is 5.72. The normalized spacial score (nSPS) is 10.9. The predicted octanol–water partition coefficient (Wildman–Crippen LogP) is 6.55. The van der Waals surface area contributed by atoms with Crippen LogP contribution < -0.4 is 20.7 Å². The molecule has 9 heteroatoms. The third kappa shape index (κ3) is 5.12. The lowest BCUT2D eigenvalue weighted by atomic mass is 10.1. The molecule has 186 valence electrons. The van der Waals surface area contributed by atoms with Gasteiger partial charge in [-0.1, -0.05) is 30.3 Å². The number of benzene rings is 4. The highest BCUT2D eigenvalue weighted by molar-refractivity contribution is 6.10. The van der Waals surface area contributed by atoms with Crippen LogP contribution in [0.3, 0.4) is 0 Å². The summed E-state index contributed by atoms with van der Waals surface area (Å²) in [6.45, 7) is -0.271. The van der Waals surface area contributed by atoms with Gasteiger partial charge in [0.2, 0.25) is 0 Å². The van der Waals surface area contributed by atoms with Crippen LogP contribution in [0.25, 0.3) is 21.8 Å². The molecule has 0 fully saturated rings. The van der Waals surface area contributed by atoms with E-state index in [9.17, 15) is 18.7 Å². The van der Waals surface area contributed by atoms with Crippen molar-refractivity contribution in [1.29, 1.82) is 0 Å². The van der Waals surface area contributed by atoms with Crippen molar-refractivity contribution in [2.75, 3.05) is 23.1 Å². The number of para-hydroxylation sites is 2. The number of methoxy groups -OCH3 is 1. The summed E-state index contributed by atoms with van der Waals surface area (Å²) < 4.78 is 32.5. The summed E-state index contributed by atoms with van der Waals surface area (Å²) in [5.74, 6) is -0.988. The molecule has 4 aromatic carbocycles. The highest BCUT2D eigenvalue weighted by Crippen LogP contribution is 2.37. The molecular formula is C28H22F2N4O3. The van der Waals surface area contributed by atoms with Crippen LogP contribution in [0.4, 0.5) is 36.3 Å². The zero-order valence-corrected chi connectivity index (χ0v) is 19.7. The third-order valence-corrected chi connectivity index (χ3v) is 5.72. The standard InChI is InChI=1S/C28H22F2N4O3/c1-37-25-8-4-6-23-26(22-5-2-3-7-24(22)34-27(23)25)31-19-9-16(15-35)10-20(14-19)32-28(36)33-21-12-17(29)11-18(30)13-21/h2-14,35H,15H2,1H3,(H,31,34)(H2,32,33,36). The fourth-order valence-electron chi connectivity index (χ4n) is 4.18. The number of rotatable bonds is 6. The van der Waals surface area contributed by atoms with E-state index in [1.165, 1.54) is 0 Å². The number of urea groups is 1. The number of hydrogen-bond acceptors (Lipinski definition) is 5. The van der Waals surface area contributed by atoms with Gasteiger partial charge in [-0.2, -0.15) is 0 Å². The van der Waals surface area contributed by atoms with Crippen molar-refractivity contribution in [3.8, 4) is 5.75 Å². The van der Waals surface area contributed by atoms with E-state index in [0.717, 1.165) is 34.1 Å². The Morgan fingerprint density at radius 1 is 0.865 bits per heavy atom. The van der Waals surface area contributed by atoms with Gasteiger partial charge in [-0.05, 0) is 48.0 Å². The maximum absolute atomic E-state index is 13.5. The zero-order chi connectivity index (χ0) is 25.9. The molecule has 0 saturated carbocycles. The number of aliphatic hydroxyl groups is 1. The Hall–Kier alpha value is -4.76. The number of fused-ring (bicyclic) bond motifs is 2. The fourth-order valence-corrected chi connectivity index (χ4v) is 4.18. The minimum Gasteiger partial charge on any atom is -0.494 e. The average molecular weight is 501 g/mol. The summed E-state index contributed by atoms with van der Waals surface area (Å²) in [6.07, 6.45) is 0. The lowest BCUT2D eigenvalue weighted by Crippen LogP contribution is -2.19. The van der Waals surface area contributed by atoms with Gasteiger partial charge in [-0.25, -0.2) is 18.6 Å². The molecule has 0 aliphatic rings. The number of aliphatic hydroxyl groups excluding tert-OH is 1. The first-order valence-electron chi connectivity index (χ1n) is 11.3. The van der Waals surface area contributed by atoms with E-state index in [-0.39, 0.29) is 12.3 Å². The minimum atomic E-state index is -0.808. The van der Waals surface area contributed by atoms with Gasteiger partial charge >= 0.3 is 6.03 Å². The van der Waals surface area contributed by atoms with Crippen molar-refractivity contribution in [2.24, 2.45) is 0 Å². The molecule has 1 aromatic heterocycles. The van der Waals surface area contributed by atoms with E-state index in [1.54, 1.807) is 25.3 Å². The van der Waals surface area contributed by atoms with Crippen LogP contribution >= 0.6 is 0 Å². The Morgan fingerprint density at radius 2 is 1.54 bits per heavy atom. The molecule has 1 heterocycles. The fraction of sp³-hybridized carbons (Fsp3) is 0.0714. The maximum atomic E-state index is 13.5. The van der Waals surface area contributed by atoms with Crippen molar-refractivity contribution in [3.05, 3.63) is 96.1 Å². The van der Waals surface area contributed by atoms with Crippen LogP contribution in [-0.4, -0.2) is 23.2 Å². The molecule has 0 atom stereocenters. The van der Waals surface area contributed by atoms with Gasteiger partial charge in [-0.15, -0.1) is 0 Å². The van der Waals surface area contributed by atoms with Crippen LogP contribution in [0, 0.1) is 11.6 Å². The van der Waals surface area contributed by atoms with E-state index in [2.05, 4.69) is 16.0 Å². The second-order valence-corrected chi connectivity index (χ2v) is 8.30. The van der Waals surface area contributed by atoms with E-state index in [0.29, 0.717) is 34.3 Å². The van der Waals surface area contributed by atoms with Crippen LogP contribution in [0.15, 0.2) is 78.9 Å². The van der Waals surface area contributed by atoms with E-state index in [4.69, 9.17) is 9.72 Å². The number of hydrogen-bond donors (Lipinski definition) is 4. The molecule has 5 rings (SSSR count). The molecule has 7 nitrogen and oxygen atoms in total. The molecular weight excluding hydrogens is 478 g/mol. The molecule has 0 unspecified atom stereocenters. The number of anilines is 4. The summed E-state index contributed by atoms with van der Waals surface area (Å²) in [5.41, 5.74) is 3.70. The summed E-state index contributed by atoms with van der Waals surface area (Å²) >= 11 is 0. The highest BCUT2D eigenvalue weighted by Gasteiger charge is 2.14. The predicted molar refractivity (Wildman–Crippen MR) is 140 cm³/mol. The van der Waals surface area contributed by atoms with Gasteiger partial charge in [0, 0.05) is 33.9 Å². The molecule has 0 bridgehead atoms. The van der Waals surface area contributed by atoms with Gasteiger partial charge in [0.05, 0.1) is 24.9 Å². The SMILES string of the molecule is COc1cccc2c(Nc3cc(CO)cc(NC(=O)Nc4cc(F)cc(F)c4)c3)c3ccccc3nc12. The number of carbonyl (C=O) groups is 1. The largest absolute Gasteiger partial charge is 0.494 e. The Bertz CT molecular complexity index is 1620. The average Bonchev–Trinajstić information content (AvgIpc) is 2.87. The topological polar surface area (TPSA) is 95.5 Å². The second-order valence-electron chi connectivity index (χ2n) is 8.30. The second kappa shape index (κ2) is 10.1. The molecule has 2 amide bonds. The van der Waals surface area contributed by atoms with Crippen molar-refractivity contribution >= 4 is 50.6 Å². The number of nitrogens with one attached hydrogen (secondary N) is 3. The van der Waals surface area contributed by atoms with Crippen LogP contribution in [0.1, 0.15) is 5.56 Å². The van der Waals surface area contributed by atoms with Gasteiger partial charge in [0.25, 0.3) is 0 Å². The molecule has 5 aromatic rings.